The van der Waals surface area contributed by atoms with E-state index in [4.69, 9.17) is 0 Å². The Balaban J connectivity index is 2.35. The second-order valence-electron chi connectivity index (χ2n) is 6.68. The van der Waals surface area contributed by atoms with E-state index in [9.17, 15) is 30.6 Å². The Bertz CT molecular complexity index is 665. The summed E-state index contributed by atoms with van der Waals surface area (Å²) >= 11 is 0. The zero-order valence-corrected chi connectivity index (χ0v) is 14.4. The van der Waals surface area contributed by atoms with Crippen LogP contribution >= 0.6 is 0 Å². The minimum absolute atomic E-state index is 0.138. The predicted molar refractivity (Wildman–Crippen MR) is 96.4 cm³/mol. The van der Waals surface area contributed by atoms with E-state index in [-0.39, 0.29) is 12.8 Å². The molecular weight excluding hydrogens is 336 g/mol. The van der Waals surface area contributed by atoms with Gasteiger partial charge in [0, 0.05) is 12.8 Å². The number of aliphatic hydroxyl groups is 6. The highest BCUT2D eigenvalue weighted by atomic mass is 16.4. The van der Waals surface area contributed by atoms with Gasteiger partial charge in [0.15, 0.2) is 0 Å². The van der Waals surface area contributed by atoms with Crippen LogP contribution in [0.25, 0.3) is 0 Å². The van der Waals surface area contributed by atoms with Crippen LogP contribution in [0.15, 0.2) is 60.7 Å². The predicted octanol–water partition coefficient (Wildman–Crippen LogP) is -0.360. The molecule has 0 aliphatic heterocycles. The van der Waals surface area contributed by atoms with Crippen molar-refractivity contribution >= 4 is 0 Å². The molecule has 0 aliphatic rings. The molecule has 0 aromatic heterocycles. The van der Waals surface area contributed by atoms with E-state index in [2.05, 4.69) is 0 Å². The second kappa shape index (κ2) is 8.73. The largest absolute Gasteiger partial charge is 0.394 e. The van der Waals surface area contributed by atoms with Crippen LogP contribution in [0.2, 0.25) is 0 Å². The molecule has 0 saturated carbocycles. The smallest absolute Gasteiger partial charge is 0.125 e. The second-order valence-corrected chi connectivity index (χ2v) is 6.68. The summed E-state index contributed by atoms with van der Waals surface area (Å²) in [7, 11) is 0. The van der Waals surface area contributed by atoms with Crippen molar-refractivity contribution in [2.75, 3.05) is 13.2 Å². The van der Waals surface area contributed by atoms with Crippen molar-refractivity contribution in [2.24, 2.45) is 0 Å². The van der Waals surface area contributed by atoms with Crippen molar-refractivity contribution in [1.82, 2.24) is 0 Å². The molecule has 0 amide bonds. The maximum Gasteiger partial charge on any atom is 0.125 e. The Morgan fingerprint density at radius 2 is 1.19 bits per heavy atom. The Hall–Kier alpha value is -1.80. The Morgan fingerprint density at radius 1 is 0.731 bits per heavy atom. The zero-order valence-electron chi connectivity index (χ0n) is 14.4. The van der Waals surface area contributed by atoms with Crippen molar-refractivity contribution in [3.63, 3.8) is 0 Å². The monoisotopic (exact) mass is 362 g/mol. The molecule has 2 rings (SSSR count). The third-order valence-electron chi connectivity index (χ3n) is 4.69. The molecule has 0 saturated heterocycles. The fraction of sp³-hybridized carbons (Fsp3) is 0.400. The summed E-state index contributed by atoms with van der Waals surface area (Å²) in [6, 6.07) is 17.3. The van der Waals surface area contributed by atoms with Gasteiger partial charge in [0.05, 0.1) is 13.2 Å². The van der Waals surface area contributed by atoms with E-state index >= 15 is 0 Å². The quantitative estimate of drug-likeness (QED) is 0.362. The van der Waals surface area contributed by atoms with E-state index in [1.807, 2.05) is 0 Å². The van der Waals surface area contributed by atoms with Gasteiger partial charge in [0.1, 0.15) is 23.4 Å². The van der Waals surface area contributed by atoms with Gasteiger partial charge in [-0.3, -0.25) is 0 Å². The third-order valence-corrected chi connectivity index (χ3v) is 4.69. The summed E-state index contributed by atoms with van der Waals surface area (Å²) in [5.74, 6) is 0. The molecule has 6 nitrogen and oxygen atoms in total. The van der Waals surface area contributed by atoms with Gasteiger partial charge in [0.2, 0.25) is 0 Å². The van der Waals surface area contributed by atoms with Crippen LogP contribution in [-0.2, 0) is 12.8 Å². The van der Waals surface area contributed by atoms with Gasteiger partial charge in [-0.15, -0.1) is 0 Å². The molecule has 0 spiro atoms. The van der Waals surface area contributed by atoms with E-state index in [0.29, 0.717) is 11.1 Å². The van der Waals surface area contributed by atoms with Gasteiger partial charge in [-0.1, -0.05) is 60.7 Å². The summed E-state index contributed by atoms with van der Waals surface area (Å²) in [5.41, 5.74) is -3.13. The van der Waals surface area contributed by atoms with Crippen molar-refractivity contribution in [2.45, 2.75) is 36.3 Å². The van der Waals surface area contributed by atoms with Crippen LogP contribution in [0.3, 0.4) is 0 Å². The van der Waals surface area contributed by atoms with Crippen LogP contribution in [0.1, 0.15) is 11.1 Å². The molecule has 2 aromatic rings. The van der Waals surface area contributed by atoms with Crippen LogP contribution in [0.4, 0.5) is 0 Å². The van der Waals surface area contributed by atoms with Crippen molar-refractivity contribution < 1.29 is 30.6 Å². The average molecular weight is 362 g/mol. The van der Waals surface area contributed by atoms with E-state index in [0.717, 1.165) is 0 Å². The minimum Gasteiger partial charge on any atom is -0.394 e. The SMILES string of the molecule is OC[C@@H](O)[C@](O)(Cc1ccccc1)[C@H](O)[C@@](O)(CO)Cc1ccccc1. The van der Waals surface area contributed by atoms with E-state index < -0.39 is 36.6 Å². The van der Waals surface area contributed by atoms with Gasteiger partial charge in [-0.25, -0.2) is 0 Å². The van der Waals surface area contributed by atoms with Gasteiger partial charge in [-0.2, -0.15) is 0 Å². The first-order valence-electron chi connectivity index (χ1n) is 8.46. The van der Waals surface area contributed by atoms with Gasteiger partial charge >= 0.3 is 0 Å². The minimum atomic E-state index is -2.26. The number of hydrogen-bond donors (Lipinski definition) is 6. The molecular formula is C20H26O6. The van der Waals surface area contributed by atoms with Crippen LogP contribution in [-0.4, -0.2) is 67.3 Å². The first kappa shape index (κ1) is 20.5. The fourth-order valence-electron chi connectivity index (χ4n) is 3.13. The molecule has 6 heteroatoms. The number of hydrogen-bond acceptors (Lipinski definition) is 6. The highest BCUT2D eigenvalue weighted by Crippen LogP contribution is 2.31. The zero-order chi connectivity index (χ0) is 19.2. The molecule has 0 bridgehead atoms. The van der Waals surface area contributed by atoms with Crippen LogP contribution in [0, 0.1) is 0 Å². The molecule has 6 N–H and O–H groups in total. The maximum atomic E-state index is 11.0. The molecule has 0 aliphatic carbocycles. The molecule has 4 atom stereocenters. The highest BCUT2D eigenvalue weighted by molar-refractivity contribution is 5.22. The molecule has 142 valence electrons. The number of benzene rings is 2. The number of rotatable bonds is 9. The third kappa shape index (κ3) is 4.48. The molecule has 26 heavy (non-hydrogen) atoms. The highest BCUT2D eigenvalue weighted by Gasteiger charge is 2.52. The first-order valence-corrected chi connectivity index (χ1v) is 8.46. The van der Waals surface area contributed by atoms with Crippen molar-refractivity contribution in [3.05, 3.63) is 71.8 Å². The maximum absolute atomic E-state index is 11.0. The lowest BCUT2D eigenvalue weighted by Crippen LogP contribution is -2.65. The average Bonchev–Trinajstić information content (AvgIpc) is 2.68. The Kier molecular flexibility index (Phi) is 6.88. The standard InChI is InChI=1S/C20H26O6/c21-13-17(23)20(26,12-16-9-5-2-6-10-16)18(24)19(25,14-22)11-15-7-3-1-4-8-15/h1-10,17-18,21-26H,11-14H2/t17-,18-,19+,20-/m1/s1. The first-order chi connectivity index (χ1) is 12.4. The normalized spacial score (nSPS) is 18.5. The van der Waals surface area contributed by atoms with Gasteiger partial charge in [0.25, 0.3) is 0 Å². The molecule has 2 aromatic carbocycles. The summed E-state index contributed by atoms with van der Waals surface area (Å²) < 4.78 is 0. The molecule has 0 radical (unpaired) electrons. The number of aliphatic hydroxyl groups excluding tert-OH is 4. The molecule has 0 heterocycles. The van der Waals surface area contributed by atoms with E-state index in [1.165, 1.54) is 0 Å². The van der Waals surface area contributed by atoms with Crippen molar-refractivity contribution in [1.29, 1.82) is 0 Å². The van der Waals surface area contributed by atoms with Crippen LogP contribution < -0.4 is 0 Å². The van der Waals surface area contributed by atoms with Gasteiger partial charge < -0.3 is 30.6 Å². The lowest BCUT2D eigenvalue weighted by atomic mass is 9.74. The van der Waals surface area contributed by atoms with Crippen LogP contribution in [0.5, 0.6) is 0 Å². The van der Waals surface area contributed by atoms with Crippen molar-refractivity contribution in [3.8, 4) is 0 Å². The summed E-state index contributed by atoms with van der Waals surface area (Å²) in [6.07, 6.45) is -3.98. The topological polar surface area (TPSA) is 121 Å². The van der Waals surface area contributed by atoms with Gasteiger partial charge in [-0.05, 0) is 11.1 Å². The lowest BCUT2D eigenvalue weighted by Gasteiger charge is -2.44. The lowest BCUT2D eigenvalue weighted by molar-refractivity contribution is -0.223. The summed E-state index contributed by atoms with van der Waals surface area (Å²) in [4.78, 5) is 0. The fourth-order valence-corrected chi connectivity index (χ4v) is 3.13. The molecule has 0 fully saturated rings. The van der Waals surface area contributed by atoms with E-state index in [1.54, 1.807) is 60.7 Å². The Morgan fingerprint density at radius 3 is 1.62 bits per heavy atom. The summed E-state index contributed by atoms with van der Waals surface area (Å²) in [6.45, 7) is -1.65. The Labute approximate surface area is 152 Å². The molecule has 0 unspecified atom stereocenters. The summed E-state index contributed by atoms with van der Waals surface area (Å²) in [5, 5.41) is 61.9.